The van der Waals surface area contributed by atoms with E-state index < -0.39 is 0 Å². The molecule has 1 fully saturated rings. The van der Waals surface area contributed by atoms with Crippen molar-refractivity contribution in [1.82, 2.24) is 19.8 Å². The summed E-state index contributed by atoms with van der Waals surface area (Å²) in [5.74, 6) is 1.21. The van der Waals surface area contributed by atoms with Crippen LogP contribution in [0.5, 0.6) is 0 Å². The number of hydrazine groups is 1. The number of hydrogen-bond donors (Lipinski definition) is 0. The minimum Gasteiger partial charge on any atom is -0.342 e. The van der Waals surface area contributed by atoms with Crippen LogP contribution in [0.4, 0.5) is 0 Å². The summed E-state index contributed by atoms with van der Waals surface area (Å²) in [6.07, 6.45) is 4.61. The van der Waals surface area contributed by atoms with Crippen molar-refractivity contribution in [2.45, 2.75) is 53.4 Å². The fourth-order valence-electron chi connectivity index (χ4n) is 3.03. The summed E-state index contributed by atoms with van der Waals surface area (Å²) in [4.78, 5) is 9.93. The Balaban J connectivity index is 2.96. The van der Waals surface area contributed by atoms with E-state index in [1.165, 1.54) is 18.8 Å². The fraction of sp³-hybridized carbons (Fsp3) is 0.944. The zero-order valence-corrected chi connectivity index (χ0v) is 16.2. The van der Waals surface area contributed by atoms with Gasteiger partial charge in [-0.3, -0.25) is 10.0 Å². The van der Waals surface area contributed by atoms with Crippen LogP contribution in [-0.4, -0.2) is 85.2 Å². The average molecular weight is 326 g/mol. The molecular weight excluding hydrogens is 286 g/mol. The van der Waals surface area contributed by atoms with Gasteiger partial charge in [0.15, 0.2) is 0 Å². The Kier molecular flexibility index (Phi) is 10.3. The number of hydrogen-bond acceptors (Lipinski definition) is 3. The molecule has 0 atom stereocenters. The summed E-state index contributed by atoms with van der Waals surface area (Å²) in [7, 11) is 2.22. The third kappa shape index (κ3) is 6.68. The summed E-state index contributed by atoms with van der Waals surface area (Å²) in [6.45, 7) is 17.7. The Morgan fingerprint density at radius 1 is 0.826 bits per heavy atom. The molecule has 5 heteroatoms. The van der Waals surface area contributed by atoms with Crippen molar-refractivity contribution in [3.63, 3.8) is 0 Å². The topological polar surface area (TPSA) is 25.3 Å². The first-order valence-electron chi connectivity index (χ1n) is 9.68. The van der Waals surface area contributed by atoms with Crippen LogP contribution < -0.4 is 0 Å². The minimum absolute atomic E-state index is 0.924. The maximum absolute atomic E-state index is 5.01. The van der Waals surface area contributed by atoms with Crippen LogP contribution in [0.1, 0.15) is 53.4 Å². The summed E-state index contributed by atoms with van der Waals surface area (Å²) >= 11 is 0. The van der Waals surface area contributed by atoms with Crippen molar-refractivity contribution in [3.05, 3.63) is 0 Å². The molecular formula is C18H39N5. The second-order valence-electron chi connectivity index (χ2n) is 6.55. The highest BCUT2D eigenvalue weighted by Gasteiger charge is 2.25. The van der Waals surface area contributed by atoms with Crippen molar-refractivity contribution in [2.75, 3.05) is 59.4 Å². The molecule has 0 radical (unpaired) electrons. The zero-order valence-electron chi connectivity index (χ0n) is 16.2. The predicted molar refractivity (Wildman–Crippen MR) is 101 cm³/mol. The van der Waals surface area contributed by atoms with Crippen LogP contribution in [0.3, 0.4) is 0 Å². The molecule has 0 aliphatic carbocycles. The van der Waals surface area contributed by atoms with Crippen molar-refractivity contribution in [2.24, 2.45) is 4.99 Å². The molecule has 0 aromatic heterocycles. The molecule has 1 aliphatic rings. The molecule has 5 nitrogen and oxygen atoms in total. The van der Waals surface area contributed by atoms with Gasteiger partial charge >= 0.3 is 0 Å². The highest BCUT2D eigenvalue weighted by Crippen LogP contribution is 2.11. The van der Waals surface area contributed by atoms with E-state index in [4.69, 9.17) is 4.99 Å². The molecule has 0 spiro atoms. The van der Waals surface area contributed by atoms with E-state index in [-0.39, 0.29) is 0 Å². The van der Waals surface area contributed by atoms with E-state index in [1.54, 1.807) is 0 Å². The molecule has 136 valence electrons. The fourth-order valence-corrected chi connectivity index (χ4v) is 3.03. The van der Waals surface area contributed by atoms with E-state index in [2.05, 4.69) is 54.6 Å². The van der Waals surface area contributed by atoms with Gasteiger partial charge in [0.25, 0.3) is 0 Å². The van der Waals surface area contributed by atoms with E-state index in [0.29, 0.717) is 0 Å². The molecule has 1 heterocycles. The van der Waals surface area contributed by atoms with Gasteiger partial charge in [-0.2, -0.15) is 0 Å². The van der Waals surface area contributed by atoms with Gasteiger partial charge in [-0.25, -0.2) is 5.01 Å². The summed E-state index contributed by atoms with van der Waals surface area (Å²) in [5, 5.41) is 5.00. The Bertz CT molecular complexity index is 317. The van der Waals surface area contributed by atoms with Gasteiger partial charge in [-0.05, 0) is 32.7 Å². The average Bonchev–Trinajstić information content (AvgIpc) is 2.55. The van der Waals surface area contributed by atoms with Crippen molar-refractivity contribution < 1.29 is 0 Å². The predicted octanol–water partition coefficient (Wildman–Crippen LogP) is 2.75. The van der Waals surface area contributed by atoms with Crippen molar-refractivity contribution in [3.8, 4) is 0 Å². The SMILES string of the molecule is CCCN=C(N(CCC)CCC)N(CCC)N1CCN(C)CC1. The molecule has 0 N–H and O–H groups in total. The third-order valence-corrected chi connectivity index (χ3v) is 4.23. The van der Waals surface area contributed by atoms with Crippen molar-refractivity contribution >= 4 is 5.96 Å². The molecule has 0 aromatic carbocycles. The first-order valence-corrected chi connectivity index (χ1v) is 9.68. The second-order valence-corrected chi connectivity index (χ2v) is 6.55. The summed E-state index contributed by atoms with van der Waals surface area (Å²) in [5.41, 5.74) is 0. The highest BCUT2D eigenvalue weighted by atomic mass is 15.7. The lowest BCUT2D eigenvalue weighted by Gasteiger charge is -2.44. The zero-order chi connectivity index (χ0) is 17.1. The maximum Gasteiger partial charge on any atom is 0.211 e. The smallest absolute Gasteiger partial charge is 0.211 e. The van der Waals surface area contributed by atoms with Gasteiger partial charge in [0, 0.05) is 52.4 Å². The molecule has 0 unspecified atom stereocenters. The van der Waals surface area contributed by atoms with E-state index >= 15 is 0 Å². The van der Waals surface area contributed by atoms with Crippen LogP contribution in [-0.2, 0) is 0 Å². The molecule has 0 amide bonds. The van der Waals surface area contributed by atoms with Gasteiger partial charge in [0.1, 0.15) is 0 Å². The van der Waals surface area contributed by atoms with Crippen LogP contribution in [0.2, 0.25) is 0 Å². The largest absolute Gasteiger partial charge is 0.342 e. The Morgan fingerprint density at radius 2 is 1.39 bits per heavy atom. The second kappa shape index (κ2) is 11.7. The molecule has 0 aromatic rings. The number of guanidine groups is 1. The third-order valence-electron chi connectivity index (χ3n) is 4.23. The van der Waals surface area contributed by atoms with E-state index in [1.807, 2.05) is 0 Å². The van der Waals surface area contributed by atoms with Gasteiger partial charge < -0.3 is 9.80 Å². The molecule has 1 saturated heterocycles. The van der Waals surface area contributed by atoms with Crippen LogP contribution in [0.25, 0.3) is 0 Å². The number of piperazine rings is 1. The maximum atomic E-state index is 5.01. The molecule has 0 saturated carbocycles. The molecule has 23 heavy (non-hydrogen) atoms. The van der Waals surface area contributed by atoms with Crippen LogP contribution in [0.15, 0.2) is 4.99 Å². The Hall–Kier alpha value is -0.810. The number of likely N-dealkylation sites (N-methyl/N-ethyl adjacent to an activating group) is 1. The van der Waals surface area contributed by atoms with Gasteiger partial charge in [0.05, 0.1) is 0 Å². The highest BCUT2D eigenvalue weighted by molar-refractivity contribution is 5.79. The minimum atomic E-state index is 0.924. The van der Waals surface area contributed by atoms with Crippen molar-refractivity contribution in [1.29, 1.82) is 0 Å². The lowest BCUT2D eigenvalue weighted by molar-refractivity contribution is -0.00754. The first kappa shape index (κ1) is 20.2. The Morgan fingerprint density at radius 3 is 1.87 bits per heavy atom. The Labute approximate surface area is 144 Å². The normalized spacial score (nSPS) is 17.5. The number of rotatable bonds is 9. The summed E-state index contributed by atoms with van der Waals surface area (Å²) in [6, 6.07) is 0. The monoisotopic (exact) mass is 325 g/mol. The number of aliphatic imine (C=N–C) groups is 1. The van der Waals surface area contributed by atoms with E-state index in [9.17, 15) is 0 Å². The van der Waals surface area contributed by atoms with Crippen LogP contribution >= 0.6 is 0 Å². The van der Waals surface area contributed by atoms with Gasteiger partial charge in [-0.15, -0.1) is 0 Å². The standard InChI is InChI=1S/C18H39N5/c1-6-10-19-18(21(11-7-2)12-8-3)23(13-9-4)22-16-14-20(5)15-17-22/h6-17H2,1-5H3. The van der Waals surface area contributed by atoms with Gasteiger partial charge in [0.2, 0.25) is 5.96 Å². The summed E-state index contributed by atoms with van der Waals surface area (Å²) < 4.78 is 0. The van der Waals surface area contributed by atoms with Crippen LogP contribution in [0, 0.1) is 0 Å². The number of nitrogens with zero attached hydrogens (tertiary/aromatic N) is 5. The molecule has 0 bridgehead atoms. The first-order chi connectivity index (χ1) is 11.2. The quantitative estimate of drug-likeness (QED) is 0.481. The lowest BCUT2D eigenvalue weighted by Crippen LogP contribution is -2.58. The van der Waals surface area contributed by atoms with Gasteiger partial charge in [-0.1, -0.05) is 27.7 Å². The lowest BCUT2D eigenvalue weighted by atomic mass is 10.3. The molecule has 1 aliphatic heterocycles. The van der Waals surface area contributed by atoms with E-state index in [0.717, 1.165) is 65.2 Å². The molecule has 1 rings (SSSR count).